The van der Waals surface area contributed by atoms with E-state index in [4.69, 9.17) is 5.26 Å². The quantitative estimate of drug-likeness (QED) is 0.613. The first-order valence-electron chi connectivity index (χ1n) is 4.00. The van der Waals surface area contributed by atoms with Crippen molar-refractivity contribution in [3.63, 3.8) is 0 Å². The van der Waals surface area contributed by atoms with Gasteiger partial charge in [-0.25, -0.2) is 9.18 Å². The average molecular weight is 272 g/mol. The Hall–Kier alpha value is -1.41. The molecule has 0 aliphatic heterocycles. The van der Waals surface area contributed by atoms with Crippen LogP contribution in [-0.2, 0) is 10.1 Å². The third-order valence-corrected chi connectivity index (χ3v) is 2.42. The van der Waals surface area contributed by atoms with Crippen molar-refractivity contribution in [2.45, 2.75) is 5.33 Å². The summed E-state index contributed by atoms with van der Waals surface area (Å²) in [4.78, 5) is 11.3. The molecule has 0 unspecified atom stereocenters. The monoisotopic (exact) mass is 271 g/mol. The Labute approximate surface area is 94.6 Å². The second-order valence-corrected chi connectivity index (χ2v) is 3.28. The molecule has 0 amide bonds. The Kier molecular flexibility index (Phi) is 3.81. The summed E-state index contributed by atoms with van der Waals surface area (Å²) in [7, 11) is 1.21. The molecule has 0 fully saturated rings. The van der Waals surface area contributed by atoms with Crippen molar-refractivity contribution in [3.8, 4) is 6.07 Å². The highest BCUT2D eigenvalue weighted by Crippen LogP contribution is 2.20. The van der Waals surface area contributed by atoms with Gasteiger partial charge in [-0.05, 0) is 12.1 Å². The smallest absolute Gasteiger partial charge is 0.338 e. The lowest BCUT2D eigenvalue weighted by molar-refractivity contribution is 0.0599. The predicted molar refractivity (Wildman–Crippen MR) is 55.1 cm³/mol. The minimum absolute atomic E-state index is 0.0749. The number of nitriles is 1. The predicted octanol–water partition coefficient (Wildman–Crippen LogP) is 2.38. The number of rotatable bonds is 2. The number of ether oxygens (including phenoxy) is 1. The van der Waals surface area contributed by atoms with E-state index in [1.807, 2.05) is 0 Å². The number of carbonyl (C=O) groups excluding carboxylic acids is 1. The van der Waals surface area contributed by atoms with Crippen LogP contribution >= 0.6 is 15.9 Å². The molecule has 1 aromatic rings. The van der Waals surface area contributed by atoms with Crippen LogP contribution in [0.5, 0.6) is 0 Å². The Morgan fingerprint density at radius 1 is 1.67 bits per heavy atom. The molecule has 0 aliphatic carbocycles. The Morgan fingerprint density at radius 2 is 2.33 bits per heavy atom. The molecule has 15 heavy (non-hydrogen) atoms. The van der Waals surface area contributed by atoms with Gasteiger partial charge in [0.1, 0.15) is 5.82 Å². The van der Waals surface area contributed by atoms with Crippen LogP contribution in [0.3, 0.4) is 0 Å². The molecule has 0 atom stereocenters. The number of esters is 1. The van der Waals surface area contributed by atoms with Crippen molar-refractivity contribution in [3.05, 3.63) is 34.6 Å². The van der Waals surface area contributed by atoms with Gasteiger partial charge < -0.3 is 4.74 Å². The van der Waals surface area contributed by atoms with Crippen LogP contribution in [0.1, 0.15) is 21.5 Å². The van der Waals surface area contributed by atoms with Crippen LogP contribution in [0.2, 0.25) is 0 Å². The van der Waals surface area contributed by atoms with Crippen molar-refractivity contribution in [1.82, 2.24) is 0 Å². The number of methoxy groups -OCH3 is 1. The molecular formula is C10H7BrFNO2. The maximum atomic E-state index is 13.4. The second-order valence-electron chi connectivity index (χ2n) is 2.72. The molecule has 0 aromatic heterocycles. The van der Waals surface area contributed by atoms with Gasteiger partial charge in [0.05, 0.1) is 24.3 Å². The van der Waals surface area contributed by atoms with E-state index in [1.165, 1.54) is 13.2 Å². The van der Waals surface area contributed by atoms with E-state index >= 15 is 0 Å². The van der Waals surface area contributed by atoms with Gasteiger partial charge in [0, 0.05) is 10.9 Å². The lowest BCUT2D eigenvalue weighted by Crippen LogP contribution is -2.07. The number of benzene rings is 1. The first-order valence-corrected chi connectivity index (χ1v) is 5.13. The Morgan fingerprint density at radius 3 is 2.80 bits per heavy atom. The minimum Gasteiger partial charge on any atom is -0.465 e. The molecule has 1 aromatic carbocycles. The number of carbonyl (C=O) groups is 1. The lowest BCUT2D eigenvalue weighted by Gasteiger charge is -2.06. The number of alkyl halides is 1. The molecule has 0 saturated carbocycles. The largest absolute Gasteiger partial charge is 0.465 e. The SMILES string of the molecule is COC(=O)c1cc(C#N)cc(F)c1CBr. The molecule has 0 spiro atoms. The van der Waals surface area contributed by atoms with Crippen LogP contribution in [-0.4, -0.2) is 13.1 Å². The fraction of sp³-hybridized carbons (Fsp3) is 0.200. The van der Waals surface area contributed by atoms with Crippen LogP contribution in [0, 0.1) is 17.1 Å². The summed E-state index contributed by atoms with van der Waals surface area (Å²) in [6.07, 6.45) is 0. The van der Waals surface area contributed by atoms with E-state index in [0.717, 1.165) is 6.07 Å². The van der Waals surface area contributed by atoms with Crippen molar-refractivity contribution < 1.29 is 13.9 Å². The summed E-state index contributed by atoms with van der Waals surface area (Å²) in [5.41, 5.74) is 0.365. The van der Waals surface area contributed by atoms with Gasteiger partial charge in [-0.2, -0.15) is 5.26 Å². The van der Waals surface area contributed by atoms with E-state index in [9.17, 15) is 9.18 Å². The van der Waals surface area contributed by atoms with Gasteiger partial charge in [-0.1, -0.05) is 15.9 Å². The zero-order chi connectivity index (χ0) is 11.4. The highest BCUT2D eigenvalue weighted by molar-refractivity contribution is 9.08. The molecule has 0 bridgehead atoms. The fourth-order valence-electron chi connectivity index (χ4n) is 1.13. The van der Waals surface area contributed by atoms with Crippen molar-refractivity contribution >= 4 is 21.9 Å². The standard InChI is InChI=1S/C10H7BrFNO2/c1-15-10(14)7-2-6(5-13)3-9(12)8(7)4-11/h2-3H,4H2,1H3. The molecule has 3 nitrogen and oxygen atoms in total. The van der Waals surface area contributed by atoms with Crippen molar-refractivity contribution in [1.29, 1.82) is 5.26 Å². The molecule has 0 radical (unpaired) electrons. The van der Waals surface area contributed by atoms with Gasteiger partial charge in [-0.15, -0.1) is 0 Å². The van der Waals surface area contributed by atoms with Gasteiger partial charge >= 0.3 is 5.97 Å². The number of hydrogen-bond donors (Lipinski definition) is 0. The zero-order valence-electron chi connectivity index (χ0n) is 7.88. The maximum absolute atomic E-state index is 13.4. The number of nitrogens with zero attached hydrogens (tertiary/aromatic N) is 1. The molecule has 1 rings (SSSR count). The summed E-state index contributed by atoms with van der Waals surface area (Å²) in [5.74, 6) is -1.24. The number of halogens is 2. The van der Waals surface area contributed by atoms with Crippen LogP contribution in [0.15, 0.2) is 12.1 Å². The highest BCUT2D eigenvalue weighted by Gasteiger charge is 2.16. The lowest BCUT2D eigenvalue weighted by atomic mass is 10.0. The average Bonchev–Trinajstić information content (AvgIpc) is 2.26. The number of hydrogen-bond acceptors (Lipinski definition) is 3. The molecule has 0 heterocycles. The molecule has 5 heteroatoms. The van der Waals surface area contributed by atoms with Crippen molar-refractivity contribution in [2.24, 2.45) is 0 Å². The van der Waals surface area contributed by atoms with E-state index in [1.54, 1.807) is 6.07 Å². The van der Waals surface area contributed by atoms with Crippen LogP contribution in [0.25, 0.3) is 0 Å². The molecule has 0 saturated heterocycles. The first kappa shape index (κ1) is 11.7. The third-order valence-electron chi connectivity index (χ3n) is 1.86. The highest BCUT2D eigenvalue weighted by atomic mass is 79.9. The summed E-state index contributed by atoms with van der Waals surface area (Å²) in [5, 5.41) is 8.81. The van der Waals surface area contributed by atoms with Crippen LogP contribution in [0.4, 0.5) is 4.39 Å². The van der Waals surface area contributed by atoms with E-state index in [0.29, 0.717) is 0 Å². The van der Waals surface area contributed by atoms with Gasteiger partial charge in [-0.3, -0.25) is 0 Å². The van der Waals surface area contributed by atoms with E-state index in [-0.39, 0.29) is 22.0 Å². The third kappa shape index (κ3) is 2.34. The van der Waals surface area contributed by atoms with Crippen molar-refractivity contribution in [2.75, 3.05) is 7.11 Å². The minimum atomic E-state index is -0.652. The topological polar surface area (TPSA) is 50.1 Å². The molecular weight excluding hydrogens is 265 g/mol. The summed E-state index contributed by atoms with van der Waals surface area (Å²) >= 11 is 3.07. The van der Waals surface area contributed by atoms with Gasteiger partial charge in [0.15, 0.2) is 0 Å². The molecule has 0 N–H and O–H groups in total. The molecule has 78 valence electrons. The van der Waals surface area contributed by atoms with Gasteiger partial charge in [0.2, 0.25) is 0 Å². The first-order chi connectivity index (χ1) is 7.13. The van der Waals surface area contributed by atoms with E-state index < -0.39 is 11.8 Å². The summed E-state index contributed by atoms with van der Waals surface area (Å²) < 4.78 is 17.9. The van der Waals surface area contributed by atoms with E-state index in [2.05, 4.69) is 20.7 Å². The maximum Gasteiger partial charge on any atom is 0.338 e. The van der Waals surface area contributed by atoms with Crippen LogP contribution < -0.4 is 0 Å². The zero-order valence-corrected chi connectivity index (χ0v) is 9.47. The summed E-state index contributed by atoms with van der Waals surface area (Å²) in [6, 6.07) is 4.17. The Bertz CT molecular complexity index is 440. The molecule has 0 aliphatic rings. The summed E-state index contributed by atoms with van der Waals surface area (Å²) in [6.45, 7) is 0. The second kappa shape index (κ2) is 4.89. The fourth-order valence-corrected chi connectivity index (χ4v) is 1.70. The van der Waals surface area contributed by atoms with Gasteiger partial charge in [0.25, 0.3) is 0 Å². The normalized spacial score (nSPS) is 9.47. The Balaban J connectivity index is 3.40.